The number of aromatic nitrogens is 2. The molecule has 0 bridgehead atoms. The quantitative estimate of drug-likeness (QED) is 0.416. The first-order valence-corrected chi connectivity index (χ1v) is 14.6. The number of hydrogen-bond acceptors (Lipinski definition) is 3. The van der Waals surface area contributed by atoms with Crippen molar-refractivity contribution in [2.24, 2.45) is 5.41 Å². The van der Waals surface area contributed by atoms with Gasteiger partial charge in [-0.3, -0.25) is 0 Å². The minimum absolute atomic E-state index is 0.127. The molecule has 1 aliphatic rings. The summed E-state index contributed by atoms with van der Waals surface area (Å²) < 4.78 is 10.4. The molecule has 2 aromatic heterocycles. The van der Waals surface area contributed by atoms with Gasteiger partial charge in [-0.05, 0) is 58.4 Å². The lowest BCUT2D eigenvalue weighted by atomic mass is 9.69. The van der Waals surface area contributed by atoms with Crippen LogP contribution in [0.1, 0.15) is 63.8 Å². The zero-order chi connectivity index (χ0) is 19.7. The van der Waals surface area contributed by atoms with Crippen LogP contribution in [0.4, 0.5) is 0 Å². The van der Waals surface area contributed by atoms with Crippen LogP contribution in [0.2, 0.25) is 18.1 Å². The van der Waals surface area contributed by atoms with Gasteiger partial charge in [0.15, 0.2) is 8.32 Å². The highest BCUT2D eigenvalue weighted by molar-refractivity contribution is 9.10. The van der Waals surface area contributed by atoms with Gasteiger partial charge in [-0.25, -0.2) is 4.98 Å². The van der Waals surface area contributed by atoms with Gasteiger partial charge >= 0.3 is 0 Å². The van der Waals surface area contributed by atoms with E-state index in [0.29, 0.717) is 0 Å². The lowest BCUT2D eigenvalue weighted by molar-refractivity contribution is 0.0501. The molecular weight excluding hydrogens is 436 g/mol. The monoisotopic (exact) mass is 468 g/mol. The van der Waals surface area contributed by atoms with Crippen molar-refractivity contribution in [3.8, 4) is 0 Å². The minimum atomic E-state index is -1.80. The molecule has 3 nitrogen and oxygen atoms in total. The fourth-order valence-electron chi connectivity index (χ4n) is 3.95. The van der Waals surface area contributed by atoms with E-state index in [0.717, 1.165) is 6.61 Å². The topological polar surface area (TPSA) is 27.1 Å². The number of imidazole rings is 1. The molecule has 2 heterocycles. The minimum Gasteiger partial charge on any atom is -0.416 e. The number of rotatable bonds is 6. The zero-order valence-electron chi connectivity index (χ0n) is 17.3. The van der Waals surface area contributed by atoms with Gasteiger partial charge in [-0.15, -0.1) is 11.3 Å². The number of hydrogen-bond donors (Lipinski definition) is 0. The van der Waals surface area contributed by atoms with E-state index in [-0.39, 0.29) is 16.5 Å². The fourth-order valence-corrected chi connectivity index (χ4v) is 6.86. The van der Waals surface area contributed by atoms with E-state index in [4.69, 9.17) is 4.43 Å². The Labute approximate surface area is 177 Å². The Hall–Kier alpha value is -0.433. The summed E-state index contributed by atoms with van der Waals surface area (Å²) in [6, 6.07) is 2.45. The smallest absolute Gasteiger partial charge is 0.192 e. The van der Waals surface area contributed by atoms with E-state index in [1.54, 1.807) is 0 Å². The summed E-state index contributed by atoms with van der Waals surface area (Å²) in [5.41, 5.74) is 0.127. The first-order valence-electron chi connectivity index (χ1n) is 10.0. The lowest BCUT2D eigenvalue weighted by Crippen LogP contribution is -2.47. The van der Waals surface area contributed by atoms with E-state index in [2.05, 4.69) is 77.0 Å². The molecule has 1 fully saturated rings. The third-order valence-electron chi connectivity index (χ3n) is 6.67. The summed E-state index contributed by atoms with van der Waals surface area (Å²) in [5.74, 6) is 0. The fraction of sp³-hybridized carbons (Fsp3) is 0.667. The largest absolute Gasteiger partial charge is 0.416 e. The molecule has 0 spiro atoms. The van der Waals surface area contributed by atoms with Crippen LogP contribution in [0.25, 0.3) is 0 Å². The first kappa shape index (κ1) is 21.3. The molecule has 6 heteroatoms. The third kappa shape index (κ3) is 4.44. The van der Waals surface area contributed by atoms with Crippen LogP contribution >= 0.6 is 27.3 Å². The summed E-state index contributed by atoms with van der Waals surface area (Å²) in [6.07, 6.45) is 12.4. The molecule has 0 saturated heterocycles. The number of nitrogens with zero attached hydrogens (tertiary/aromatic N) is 2. The molecule has 1 aliphatic carbocycles. The van der Waals surface area contributed by atoms with E-state index in [1.807, 2.05) is 23.9 Å². The van der Waals surface area contributed by atoms with Crippen molar-refractivity contribution in [2.45, 2.75) is 77.0 Å². The SMILES string of the molecule is CC(C)(C)[Si](C)(C)OCC1(C(c2sccc2Br)n2ccnc2)CCCCC1. The Balaban J connectivity index is 1.99. The molecule has 150 valence electrons. The van der Waals surface area contributed by atoms with Crippen molar-refractivity contribution in [3.05, 3.63) is 39.5 Å². The highest BCUT2D eigenvalue weighted by Crippen LogP contribution is 2.52. The van der Waals surface area contributed by atoms with Crippen molar-refractivity contribution in [1.29, 1.82) is 0 Å². The maximum Gasteiger partial charge on any atom is 0.192 e. The van der Waals surface area contributed by atoms with Crippen molar-refractivity contribution in [2.75, 3.05) is 6.61 Å². The summed E-state index contributed by atoms with van der Waals surface area (Å²) >= 11 is 5.66. The van der Waals surface area contributed by atoms with Gasteiger partial charge in [-0.2, -0.15) is 0 Å². The Kier molecular flexibility index (Phi) is 6.41. The molecule has 0 aliphatic heterocycles. The van der Waals surface area contributed by atoms with Gasteiger partial charge in [0.2, 0.25) is 0 Å². The predicted molar refractivity (Wildman–Crippen MR) is 121 cm³/mol. The summed E-state index contributed by atoms with van der Waals surface area (Å²) in [4.78, 5) is 5.77. The second kappa shape index (κ2) is 8.13. The van der Waals surface area contributed by atoms with Crippen LogP contribution < -0.4 is 0 Å². The van der Waals surface area contributed by atoms with Crippen molar-refractivity contribution in [3.63, 3.8) is 0 Å². The number of thiophene rings is 1. The maximum absolute atomic E-state index is 6.85. The van der Waals surface area contributed by atoms with E-state index < -0.39 is 8.32 Å². The maximum atomic E-state index is 6.85. The zero-order valence-corrected chi connectivity index (χ0v) is 20.7. The van der Waals surface area contributed by atoms with Gasteiger partial charge in [0.25, 0.3) is 0 Å². The molecule has 1 unspecified atom stereocenters. The summed E-state index contributed by atoms with van der Waals surface area (Å²) in [7, 11) is -1.80. The molecule has 0 aromatic carbocycles. The Morgan fingerprint density at radius 1 is 1.30 bits per heavy atom. The molecule has 2 aromatic rings. The van der Waals surface area contributed by atoms with Gasteiger partial charge in [0.1, 0.15) is 0 Å². The average Bonchev–Trinajstić information content (AvgIpc) is 3.26. The second-order valence-electron chi connectivity index (χ2n) is 9.52. The Bertz CT molecular complexity index is 730. The Morgan fingerprint density at radius 2 is 2.00 bits per heavy atom. The van der Waals surface area contributed by atoms with Crippen LogP contribution in [0.15, 0.2) is 34.6 Å². The van der Waals surface area contributed by atoms with Crippen LogP contribution in [0, 0.1) is 5.41 Å². The Morgan fingerprint density at radius 3 is 2.52 bits per heavy atom. The summed E-state index contributed by atoms with van der Waals surface area (Å²) in [6.45, 7) is 12.6. The van der Waals surface area contributed by atoms with Gasteiger partial charge < -0.3 is 8.99 Å². The molecule has 0 N–H and O–H groups in total. The molecule has 27 heavy (non-hydrogen) atoms. The standard InChI is InChI=1S/C21H33BrN2OSSi/c1-20(2,3)27(4,5)25-15-21(10-7-6-8-11-21)19(24-13-12-23-16-24)18-17(22)9-14-26-18/h9,12-14,16,19H,6-8,10-11,15H2,1-5H3. The average molecular weight is 470 g/mol. The highest BCUT2D eigenvalue weighted by atomic mass is 79.9. The number of halogens is 1. The molecule has 1 saturated carbocycles. The normalized spacial score (nSPS) is 19.2. The van der Waals surface area contributed by atoms with Crippen LogP contribution in [-0.2, 0) is 4.43 Å². The van der Waals surface area contributed by atoms with Crippen molar-refractivity contribution >= 4 is 35.6 Å². The van der Waals surface area contributed by atoms with Gasteiger partial charge in [0.05, 0.1) is 12.4 Å². The molecule has 1 atom stereocenters. The first-order chi connectivity index (χ1) is 12.7. The van der Waals surface area contributed by atoms with Crippen LogP contribution in [-0.4, -0.2) is 24.5 Å². The molecule has 0 radical (unpaired) electrons. The molecule has 0 amide bonds. The second-order valence-corrected chi connectivity index (χ2v) is 16.1. The third-order valence-corrected chi connectivity index (χ3v) is 13.1. The predicted octanol–water partition coefficient (Wildman–Crippen LogP) is 7.27. The van der Waals surface area contributed by atoms with Crippen molar-refractivity contribution in [1.82, 2.24) is 9.55 Å². The van der Waals surface area contributed by atoms with E-state index in [1.165, 1.54) is 41.5 Å². The van der Waals surface area contributed by atoms with E-state index >= 15 is 0 Å². The highest BCUT2D eigenvalue weighted by Gasteiger charge is 2.46. The van der Waals surface area contributed by atoms with Crippen LogP contribution in [0.3, 0.4) is 0 Å². The van der Waals surface area contributed by atoms with Crippen LogP contribution in [0.5, 0.6) is 0 Å². The van der Waals surface area contributed by atoms with Crippen molar-refractivity contribution < 1.29 is 4.43 Å². The summed E-state index contributed by atoms with van der Waals surface area (Å²) in [5, 5.41) is 2.42. The lowest BCUT2D eigenvalue weighted by Gasteiger charge is -2.47. The van der Waals surface area contributed by atoms with Gasteiger partial charge in [0, 0.05) is 33.8 Å². The molecular formula is C21H33BrN2OSSi. The van der Waals surface area contributed by atoms with Gasteiger partial charge in [-0.1, -0.05) is 40.0 Å². The van der Waals surface area contributed by atoms with E-state index in [9.17, 15) is 0 Å². The molecule has 3 rings (SSSR count).